The van der Waals surface area contributed by atoms with Crippen LogP contribution < -0.4 is 5.32 Å². The predicted molar refractivity (Wildman–Crippen MR) is 72.3 cm³/mol. The van der Waals surface area contributed by atoms with Crippen molar-refractivity contribution in [3.05, 3.63) is 17.5 Å². The lowest BCUT2D eigenvalue weighted by Gasteiger charge is -2.15. The van der Waals surface area contributed by atoms with Crippen LogP contribution in [0, 0.1) is 18.8 Å². The topological polar surface area (TPSA) is 41.3 Å². The van der Waals surface area contributed by atoms with E-state index in [1.165, 1.54) is 19.5 Å². The van der Waals surface area contributed by atoms with Gasteiger partial charge in [0.15, 0.2) is 0 Å². The van der Waals surface area contributed by atoms with E-state index in [1.807, 2.05) is 13.0 Å². The van der Waals surface area contributed by atoms with Gasteiger partial charge in [-0.2, -0.15) is 0 Å². The van der Waals surface area contributed by atoms with Crippen molar-refractivity contribution in [1.82, 2.24) is 15.4 Å². The van der Waals surface area contributed by atoms with Crippen LogP contribution in [0.3, 0.4) is 0 Å². The molecule has 0 spiro atoms. The number of rotatable bonds is 6. The summed E-state index contributed by atoms with van der Waals surface area (Å²) in [6.45, 7) is 12.0. The summed E-state index contributed by atoms with van der Waals surface area (Å²) in [6.07, 6.45) is 1.29. The molecule has 1 saturated heterocycles. The zero-order valence-corrected chi connectivity index (χ0v) is 11.8. The van der Waals surface area contributed by atoms with E-state index in [1.54, 1.807) is 0 Å². The number of nitrogens with one attached hydrogen (secondary N) is 1. The fourth-order valence-corrected chi connectivity index (χ4v) is 2.52. The van der Waals surface area contributed by atoms with Crippen molar-refractivity contribution >= 4 is 0 Å². The fraction of sp³-hybridized carbons (Fsp3) is 0.786. The maximum atomic E-state index is 5.10. The Morgan fingerprint density at radius 1 is 1.56 bits per heavy atom. The smallest absolute Gasteiger partial charge is 0.133 e. The Labute approximate surface area is 110 Å². The highest BCUT2D eigenvalue weighted by molar-refractivity contribution is 5.03. The molecular formula is C14H25N3O. The highest BCUT2D eigenvalue weighted by Gasteiger charge is 2.22. The second-order valence-corrected chi connectivity index (χ2v) is 5.87. The Morgan fingerprint density at radius 3 is 3.06 bits per heavy atom. The summed E-state index contributed by atoms with van der Waals surface area (Å²) < 4.78 is 5.10. The second kappa shape index (κ2) is 6.34. The number of aromatic nitrogens is 1. The molecule has 0 radical (unpaired) electrons. The van der Waals surface area contributed by atoms with Crippen molar-refractivity contribution in [2.24, 2.45) is 11.8 Å². The van der Waals surface area contributed by atoms with Gasteiger partial charge in [-0.05, 0) is 44.8 Å². The van der Waals surface area contributed by atoms with Gasteiger partial charge in [0.1, 0.15) is 5.76 Å². The van der Waals surface area contributed by atoms with Crippen molar-refractivity contribution in [1.29, 1.82) is 0 Å². The van der Waals surface area contributed by atoms with Crippen molar-refractivity contribution in [2.75, 3.05) is 26.2 Å². The van der Waals surface area contributed by atoms with Gasteiger partial charge in [0, 0.05) is 19.2 Å². The van der Waals surface area contributed by atoms with E-state index in [0.29, 0.717) is 0 Å². The van der Waals surface area contributed by atoms with Crippen LogP contribution in [-0.4, -0.2) is 36.2 Å². The number of hydrogen-bond acceptors (Lipinski definition) is 4. The Morgan fingerprint density at radius 2 is 2.39 bits per heavy atom. The molecular weight excluding hydrogens is 226 g/mol. The standard InChI is InChI=1S/C14H25N3O/c1-11(2)7-15-8-13-4-5-17(9-13)10-14-6-12(3)18-16-14/h6,11,13,15H,4-5,7-10H2,1-3H3. The molecule has 1 N–H and O–H groups in total. The van der Waals surface area contributed by atoms with Crippen LogP contribution in [0.15, 0.2) is 10.6 Å². The van der Waals surface area contributed by atoms with Gasteiger partial charge >= 0.3 is 0 Å². The summed E-state index contributed by atoms with van der Waals surface area (Å²) in [7, 11) is 0. The van der Waals surface area contributed by atoms with Gasteiger partial charge in [0.2, 0.25) is 0 Å². The minimum atomic E-state index is 0.737. The lowest BCUT2D eigenvalue weighted by Crippen LogP contribution is -2.28. The van der Waals surface area contributed by atoms with Crippen molar-refractivity contribution in [3.8, 4) is 0 Å². The molecule has 4 heteroatoms. The number of aryl methyl sites for hydroxylation is 1. The molecule has 0 saturated carbocycles. The highest BCUT2D eigenvalue weighted by Crippen LogP contribution is 2.18. The zero-order chi connectivity index (χ0) is 13.0. The van der Waals surface area contributed by atoms with Gasteiger partial charge in [0.25, 0.3) is 0 Å². The van der Waals surface area contributed by atoms with Gasteiger partial charge in [-0.1, -0.05) is 19.0 Å². The van der Waals surface area contributed by atoms with E-state index in [0.717, 1.165) is 42.9 Å². The van der Waals surface area contributed by atoms with Crippen LogP contribution in [0.2, 0.25) is 0 Å². The maximum absolute atomic E-state index is 5.10. The first-order valence-electron chi connectivity index (χ1n) is 6.98. The average Bonchev–Trinajstić information content (AvgIpc) is 2.89. The van der Waals surface area contributed by atoms with E-state index in [9.17, 15) is 0 Å². The number of likely N-dealkylation sites (tertiary alicyclic amines) is 1. The minimum absolute atomic E-state index is 0.737. The lowest BCUT2D eigenvalue weighted by molar-refractivity contribution is 0.298. The normalized spacial score (nSPS) is 21.0. The third-order valence-corrected chi connectivity index (χ3v) is 3.42. The molecule has 0 aliphatic carbocycles. The van der Waals surface area contributed by atoms with E-state index in [2.05, 4.69) is 29.2 Å². The Balaban J connectivity index is 1.68. The van der Waals surface area contributed by atoms with E-state index in [4.69, 9.17) is 4.52 Å². The van der Waals surface area contributed by atoms with Gasteiger partial charge in [-0.25, -0.2) is 0 Å². The van der Waals surface area contributed by atoms with Crippen molar-refractivity contribution in [3.63, 3.8) is 0 Å². The molecule has 1 aliphatic heterocycles. The molecule has 1 fully saturated rings. The molecule has 0 aromatic carbocycles. The first kappa shape index (κ1) is 13.6. The lowest BCUT2D eigenvalue weighted by atomic mass is 10.1. The largest absolute Gasteiger partial charge is 0.361 e. The van der Waals surface area contributed by atoms with Gasteiger partial charge in [-0.3, -0.25) is 4.90 Å². The number of nitrogens with zero attached hydrogens (tertiary/aromatic N) is 2. The Bertz CT molecular complexity index is 362. The quantitative estimate of drug-likeness (QED) is 0.840. The average molecular weight is 251 g/mol. The van der Waals surface area contributed by atoms with Crippen LogP contribution in [-0.2, 0) is 6.54 Å². The summed E-state index contributed by atoms with van der Waals surface area (Å²) in [5.74, 6) is 2.43. The maximum Gasteiger partial charge on any atom is 0.133 e. The zero-order valence-electron chi connectivity index (χ0n) is 11.8. The molecule has 2 rings (SSSR count). The molecule has 2 heterocycles. The highest BCUT2D eigenvalue weighted by atomic mass is 16.5. The monoisotopic (exact) mass is 251 g/mol. The Hall–Kier alpha value is -0.870. The second-order valence-electron chi connectivity index (χ2n) is 5.87. The van der Waals surface area contributed by atoms with Gasteiger partial charge < -0.3 is 9.84 Å². The molecule has 0 bridgehead atoms. The summed E-state index contributed by atoms with van der Waals surface area (Å²) in [4.78, 5) is 2.47. The molecule has 1 aliphatic rings. The summed E-state index contributed by atoms with van der Waals surface area (Å²) in [6, 6.07) is 2.03. The van der Waals surface area contributed by atoms with Crippen LogP contribution in [0.1, 0.15) is 31.7 Å². The number of hydrogen-bond donors (Lipinski definition) is 1. The first-order valence-corrected chi connectivity index (χ1v) is 6.98. The molecule has 18 heavy (non-hydrogen) atoms. The van der Waals surface area contributed by atoms with Gasteiger partial charge in [-0.15, -0.1) is 0 Å². The summed E-state index contributed by atoms with van der Waals surface area (Å²) in [5, 5.41) is 7.61. The van der Waals surface area contributed by atoms with E-state index >= 15 is 0 Å². The van der Waals surface area contributed by atoms with Crippen molar-refractivity contribution < 1.29 is 4.52 Å². The minimum Gasteiger partial charge on any atom is -0.361 e. The summed E-state index contributed by atoms with van der Waals surface area (Å²) in [5.41, 5.74) is 1.06. The van der Waals surface area contributed by atoms with Crippen LogP contribution in [0.25, 0.3) is 0 Å². The van der Waals surface area contributed by atoms with Crippen LogP contribution in [0.4, 0.5) is 0 Å². The first-order chi connectivity index (χ1) is 8.63. The Kier molecular flexibility index (Phi) is 4.78. The molecule has 4 nitrogen and oxygen atoms in total. The molecule has 102 valence electrons. The molecule has 1 aromatic heterocycles. The van der Waals surface area contributed by atoms with Crippen LogP contribution in [0.5, 0.6) is 0 Å². The van der Waals surface area contributed by atoms with Gasteiger partial charge in [0.05, 0.1) is 5.69 Å². The van der Waals surface area contributed by atoms with Crippen molar-refractivity contribution in [2.45, 2.75) is 33.7 Å². The predicted octanol–water partition coefficient (Wildman–Crippen LogP) is 2.05. The van der Waals surface area contributed by atoms with E-state index < -0.39 is 0 Å². The summed E-state index contributed by atoms with van der Waals surface area (Å²) >= 11 is 0. The molecule has 1 atom stereocenters. The fourth-order valence-electron chi connectivity index (χ4n) is 2.52. The third-order valence-electron chi connectivity index (χ3n) is 3.42. The SMILES string of the molecule is Cc1cc(CN2CCC(CNCC(C)C)C2)no1. The molecule has 0 amide bonds. The molecule has 1 unspecified atom stereocenters. The molecule has 1 aromatic rings. The van der Waals surface area contributed by atoms with Crippen LogP contribution >= 0.6 is 0 Å². The van der Waals surface area contributed by atoms with E-state index in [-0.39, 0.29) is 0 Å². The third kappa shape index (κ3) is 4.10.